The van der Waals surface area contributed by atoms with Crippen LogP contribution < -0.4 is 4.90 Å². The monoisotopic (exact) mass is 179 g/mol. The van der Waals surface area contributed by atoms with Crippen molar-refractivity contribution < 1.29 is 0 Å². The highest BCUT2D eigenvalue weighted by Gasteiger charge is 2.21. The Morgan fingerprint density at radius 1 is 1.23 bits per heavy atom. The standard InChI is InChI=1S/C10H17N3/c1-5-13(10(2,3)4)9-11-7-6-8-12-9/h6-8H,5H2,1-4H3. The predicted molar refractivity (Wildman–Crippen MR) is 54.8 cm³/mol. The molecule has 0 spiro atoms. The Labute approximate surface area is 79.8 Å². The fraction of sp³-hybridized carbons (Fsp3) is 0.600. The van der Waals surface area contributed by atoms with E-state index in [1.165, 1.54) is 0 Å². The van der Waals surface area contributed by atoms with Crippen molar-refractivity contribution in [3.8, 4) is 0 Å². The molecule has 1 heterocycles. The van der Waals surface area contributed by atoms with E-state index in [0.29, 0.717) is 0 Å². The third-order valence-electron chi connectivity index (χ3n) is 1.92. The lowest BCUT2D eigenvalue weighted by Gasteiger charge is -2.34. The highest BCUT2D eigenvalue weighted by Crippen LogP contribution is 2.18. The molecule has 0 saturated carbocycles. The molecule has 0 amide bonds. The maximum absolute atomic E-state index is 4.23. The molecule has 13 heavy (non-hydrogen) atoms. The molecule has 3 nitrogen and oxygen atoms in total. The Balaban J connectivity index is 2.92. The molecule has 72 valence electrons. The molecule has 1 rings (SSSR count). The van der Waals surface area contributed by atoms with Gasteiger partial charge in [-0.25, -0.2) is 9.97 Å². The Morgan fingerprint density at radius 3 is 2.15 bits per heavy atom. The van der Waals surface area contributed by atoms with Crippen LogP contribution in [0.15, 0.2) is 18.5 Å². The van der Waals surface area contributed by atoms with Crippen LogP contribution in [-0.2, 0) is 0 Å². The van der Waals surface area contributed by atoms with Gasteiger partial charge in [0.1, 0.15) is 0 Å². The summed E-state index contributed by atoms with van der Waals surface area (Å²) in [6.45, 7) is 9.52. The van der Waals surface area contributed by atoms with E-state index in [1.807, 2.05) is 6.07 Å². The van der Waals surface area contributed by atoms with Crippen LogP contribution in [0.1, 0.15) is 27.7 Å². The number of aromatic nitrogens is 2. The van der Waals surface area contributed by atoms with Gasteiger partial charge in [0.25, 0.3) is 0 Å². The fourth-order valence-electron chi connectivity index (χ4n) is 1.35. The van der Waals surface area contributed by atoms with Crippen LogP contribution in [-0.4, -0.2) is 22.1 Å². The summed E-state index contributed by atoms with van der Waals surface area (Å²) in [4.78, 5) is 10.6. The molecule has 0 saturated heterocycles. The number of anilines is 1. The Kier molecular flexibility index (Phi) is 2.86. The molecule has 0 bridgehead atoms. The largest absolute Gasteiger partial charge is 0.336 e. The molecule has 0 aromatic carbocycles. The molecule has 0 aliphatic heterocycles. The van der Waals surface area contributed by atoms with Crippen molar-refractivity contribution >= 4 is 5.95 Å². The van der Waals surface area contributed by atoms with Gasteiger partial charge in [-0.1, -0.05) is 0 Å². The van der Waals surface area contributed by atoms with Gasteiger partial charge in [0.2, 0.25) is 5.95 Å². The van der Waals surface area contributed by atoms with E-state index in [2.05, 4.69) is 42.6 Å². The van der Waals surface area contributed by atoms with Gasteiger partial charge in [0.15, 0.2) is 0 Å². The molecule has 1 aromatic rings. The average Bonchev–Trinajstić information content (AvgIpc) is 2.05. The summed E-state index contributed by atoms with van der Waals surface area (Å²) < 4.78 is 0. The van der Waals surface area contributed by atoms with Gasteiger partial charge in [-0.15, -0.1) is 0 Å². The van der Waals surface area contributed by atoms with Crippen molar-refractivity contribution in [1.82, 2.24) is 9.97 Å². The minimum Gasteiger partial charge on any atom is -0.336 e. The number of hydrogen-bond acceptors (Lipinski definition) is 3. The zero-order valence-electron chi connectivity index (χ0n) is 8.78. The predicted octanol–water partition coefficient (Wildman–Crippen LogP) is 2.10. The van der Waals surface area contributed by atoms with Crippen LogP contribution in [0.2, 0.25) is 0 Å². The molecular weight excluding hydrogens is 162 g/mol. The molecule has 0 fully saturated rings. The van der Waals surface area contributed by atoms with Crippen LogP contribution in [0.4, 0.5) is 5.95 Å². The summed E-state index contributed by atoms with van der Waals surface area (Å²) in [6.07, 6.45) is 3.55. The van der Waals surface area contributed by atoms with Crippen LogP contribution >= 0.6 is 0 Å². The summed E-state index contributed by atoms with van der Waals surface area (Å²) in [5.41, 5.74) is 0.0795. The van der Waals surface area contributed by atoms with Gasteiger partial charge >= 0.3 is 0 Å². The third-order valence-corrected chi connectivity index (χ3v) is 1.92. The van der Waals surface area contributed by atoms with E-state index in [1.54, 1.807) is 12.4 Å². The van der Waals surface area contributed by atoms with Crippen molar-refractivity contribution in [1.29, 1.82) is 0 Å². The van der Waals surface area contributed by atoms with Crippen molar-refractivity contribution in [2.24, 2.45) is 0 Å². The quantitative estimate of drug-likeness (QED) is 0.696. The van der Waals surface area contributed by atoms with Gasteiger partial charge in [-0.3, -0.25) is 0 Å². The molecule has 0 radical (unpaired) electrons. The van der Waals surface area contributed by atoms with Gasteiger partial charge in [0.05, 0.1) is 0 Å². The Hall–Kier alpha value is -1.12. The molecule has 0 unspecified atom stereocenters. The van der Waals surface area contributed by atoms with Crippen LogP contribution in [0.25, 0.3) is 0 Å². The van der Waals surface area contributed by atoms with E-state index in [9.17, 15) is 0 Å². The SMILES string of the molecule is CCN(c1ncccn1)C(C)(C)C. The van der Waals surface area contributed by atoms with Crippen molar-refractivity contribution in [3.05, 3.63) is 18.5 Å². The first-order valence-electron chi connectivity index (χ1n) is 4.60. The zero-order chi connectivity index (χ0) is 9.90. The summed E-state index contributed by atoms with van der Waals surface area (Å²) in [5, 5.41) is 0. The van der Waals surface area contributed by atoms with Gasteiger partial charge in [-0.05, 0) is 33.8 Å². The second kappa shape index (κ2) is 3.73. The Bertz CT molecular complexity index is 251. The van der Waals surface area contributed by atoms with Crippen LogP contribution in [0.5, 0.6) is 0 Å². The van der Waals surface area contributed by atoms with Crippen molar-refractivity contribution in [2.75, 3.05) is 11.4 Å². The molecular formula is C10H17N3. The van der Waals surface area contributed by atoms with E-state index >= 15 is 0 Å². The van der Waals surface area contributed by atoms with E-state index in [-0.39, 0.29) is 5.54 Å². The van der Waals surface area contributed by atoms with Crippen molar-refractivity contribution in [3.63, 3.8) is 0 Å². The molecule has 0 atom stereocenters. The lowest BCUT2D eigenvalue weighted by Crippen LogP contribution is -2.42. The van der Waals surface area contributed by atoms with E-state index < -0.39 is 0 Å². The second-order valence-electron chi connectivity index (χ2n) is 3.96. The minimum atomic E-state index is 0.0795. The van der Waals surface area contributed by atoms with Gasteiger partial charge in [0, 0.05) is 24.5 Å². The van der Waals surface area contributed by atoms with Crippen LogP contribution in [0.3, 0.4) is 0 Å². The van der Waals surface area contributed by atoms with E-state index in [0.717, 1.165) is 12.5 Å². The van der Waals surface area contributed by atoms with Crippen molar-refractivity contribution in [2.45, 2.75) is 33.2 Å². The zero-order valence-corrected chi connectivity index (χ0v) is 8.78. The summed E-state index contributed by atoms with van der Waals surface area (Å²) >= 11 is 0. The van der Waals surface area contributed by atoms with Crippen LogP contribution in [0, 0.1) is 0 Å². The molecule has 0 aliphatic carbocycles. The Morgan fingerprint density at radius 2 is 1.77 bits per heavy atom. The summed E-state index contributed by atoms with van der Waals surface area (Å²) in [6, 6.07) is 1.83. The number of rotatable bonds is 2. The highest BCUT2D eigenvalue weighted by atomic mass is 15.3. The second-order valence-corrected chi connectivity index (χ2v) is 3.96. The lowest BCUT2D eigenvalue weighted by atomic mass is 10.1. The lowest BCUT2D eigenvalue weighted by molar-refractivity contribution is 0.503. The first-order valence-corrected chi connectivity index (χ1v) is 4.60. The minimum absolute atomic E-state index is 0.0795. The first kappa shape index (κ1) is 9.96. The van der Waals surface area contributed by atoms with Gasteiger partial charge < -0.3 is 4.90 Å². The fourth-order valence-corrected chi connectivity index (χ4v) is 1.35. The molecule has 3 heteroatoms. The van der Waals surface area contributed by atoms with Gasteiger partial charge in [-0.2, -0.15) is 0 Å². The molecule has 1 aromatic heterocycles. The maximum Gasteiger partial charge on any atom is 0.225 e. The van der Waals surface area contributed by atoms with E-state index in [4.69, 9.17) is 0 Å². The average molecular weight is 179 g/mol. The number of hydrogen-bond donors (Lipinski definition) is 0. The smallest absolute Gasteiger partial charge is 0.225 e. The summed E-state index contributed by atoms with van der Waals surface area (Å²) in [5.74, 6) is 0.803. The first-order chi connectivity index (χ1) is 6.05. The third kappa shape index (κ3) is 2.41. The normalized spacial score (nSPS) is 11.4. The number of nitrogens with zero attached hydrogens (tertiary/aromatic N) is 3. The highest BCUT2D eigenvalue weighted by molar-refractivity contribution is 5.32. The summed E-state index contributed by atoms with van der Waals surface area (Å²) in [7, 11) is 0. The molecule has 0 aliphatic rings. The topological polar surface area (TPSA) is 29.0 Å². The molecule has 0 N–H and O–H groups in total. The maximum atomic E-state index is 4.23.